The van der Waals surface area contributed by atoms with E-state index in [0.29, 0.717) is 17.8 Å². The van der Waals surface area contributed by atoms with Crippen molar-refractivity contribution in [2.75, 3.05) is 6.61 Å². The van der Waals surface area contributed by atoms with Crippen LogP contribution in [0.2, 0.25) is 0 Å². The third-order valence-electron chi connectivity index (χ3n) is 4.62. The van der Waals surface area contributed by atoms with Crippen LogP contribution in [0.3, 0.4) is 0 Å². The van der Waals surface area contributed by atoms with Crippen molar-refractivity contribution in [2.24, 2.45) is 11.8 Å². The fourth-order valence-electron chi connectivity index (χ4n) is 3.25. The fourth-order valence-corrected chi connectivity index (χ4v) is 4.77. The average Bonchev–Trinajstić information content (AvgIpc) is 3.16. The molecule has 3 rings (SSSR count). The van der Waals surface area contributed by atoms with Gasteiger partial charge in [-0.2, -0.15) is 24.4 Å². The second kappa shape index (κ2) is 5.66. The first-order valence-electron chi connectivity index (χ1n) is 7.22. The number of rotatable bonds is 3. The zero-order chi connectivity index (χ0) is 12.5. The van der Waals surface area contributed by atoms with Crippen molar-refractivity contribution in [1.29, 1.82) is 0 Å². The minimum atomic E-state index is 0.0777. The number of thiol groups is 1. The lowest BCUT2D eigenvalue weighted by atomic mass is 9.88. The maximum Gasteiger partial charge on any atom is 0.308 e. The van der Waals surface area contributed by atoms with Gasteiger partial charge >= 0.3 is 5.97 Å². The summed E-state index contributed by atoms with van der Waals surface area (Å²) in [4.78, 5) is 12.0. The molecule has 1 heterocycles. The molecule has 1 aliphatic heterocycles. The largest absolute Gasteiger partial charge is 0.465 e. The molecule has 18 heavy (non-hydrogen) atoms. The number of thioether (sulfide) groups is 1. The van der Waals surface area contributed by atoms with Gasteiger partial charge in [-0.15, -0.1) is 0 Å². The Balaban J connectivity index is 1.38. The lowest BCUT2D eigenvalue weighted by molar-refractivity contribution is -0.151. The maximum atomic E-state index is 12.0. The molecule has 2 aliphatic carbocycles. The van der Waals surface area contributed by atoms with E-state index in [-0.39, 0.29) is 11.9 Å². The van der Waals surface area contributed by atoms with Crippen LogP contribution in [0.5, 0.6) is 0 Å². The molecule has 2 saturated carbocycles. The Hall–Kier alpha value is 0.170. The van der Waals surface area contributed by atoms with Crippen LogP contribution in [0.25, 0.3) is 0 Å². The summed E-state index contributed by atoms with van der Waals surface area (Å²) in [6, 6.07) is 0. The molecule has 1 saturated heterocycles. The van der Waals surface area contributed by atoms with E-state index >= 15 is 0 Å². The molecule has 4 heteroatoms. The van der Waals surface area contributed by atoms with Crippen molar-refractivity contribution in [3.63, 3.8) is 0 Å². The Labute approximate surface area is 119 Å². The van der Waals surface area contributed by atoms with Crippen LogP contribution in [-0.4, -0.2) is 28.3 Å². The molecular weight excluding hydrogens is 264 g/mol. The van der Waals surface area contributed by atoms with Crippen LogP contribution in [0.4, 0.5) is 0 Å². The highest BCUT2D eigenvalue weighted by Gasteiger charge is 2.45. The molecule has 3 unspecified atom stereocenters. The Morgan fingerprint density at radius 3 is 2.61 bits per heavy atom. The highest BCUT2D eigenvalue weighted by molar-refractivity contribution is 8.07. The number of hydrogen-bond donors (Lipinski definition) is 1. The van der Waals surface area contributed by atoms with Gasteiger partial charge in [0, 0.05) is 15.7 Å². The van der Waals surface area contributed by atoms with E-state index in [1.54, 1.807) is 0 Å². The van der Waals surface area contributed by atoms with Crippen LogP contribution >= 0.6 is 24.4 Å². The molecule has 2 nitrogen and oxygen atoms in total. The van der Waals surface area contributed by atoms with E-state index in [1.165, 1.54) is 32.1 Å². The topological polar surface area (TPSA) is 26.3 Å². The predicted molar refractivity (Wildman–Crippen MR) is 78.2 cm³/mol. The molecule has 3 fully saturated rings. The maximum absolute atomic E-state index is 12.0. The van der Waals surface area contributed by atoms with Crippen LogP contribution in [0.15, 0.2) is 0 Å². The summed E-state index contributed by atoms with van der Waals surface area (Å²) in [7, 11) is 0. The molecule has 0 aromatic carbocycles. The normalized spacial score (nSPS) is 43.1. The van der Waals surface area contributed by atoms with Crippen LogP contribution in [0.1, 0.15) is 44.9 Å². The Kier molecular flexibility index (Phi) is 4.14. The smallest absolute Gasteiger partial charge is 0.308 e. The molecule has 0 bridgehead atoms. The Morgan fingerprint density at radius 1 is 1.11 bits per heavy atom. The average molecular weight is 286 g/mol. The van der Waals surface area contributed by atoms with Crippen LogP contribution < -0.4 is 0 Å². The van der Waals surface area contributed by atoms with Crippen LogP contribution in [0, 0.1) is 11.8 Å². The van der Waals surface area contributed by atoms with E-state index in [2.05, 4.69) is 24.4 Å². The molecular formula is C14H22O2S2. The Bertz CT molecular complexity index is 313. The summed E-state index contributed by atoms with van der Waals surface area (Å²) in [6.45, 7) is 0.650. The highest BCUT2D eigenvalue weighted by Crippen LogP contribution is 2.52. The SMILES string of the molecule is O=C(OCC1CCC(S)CC1)C1CCC2SC2C1. The van der Waals surface area contributed by atoms with Gasteiger partial charge in [0.2, 0.25) is 0 Å². The van der Waals surface area contributed by atoms with Gasteiger partial charge in [0.1, 0.15) is 0 Å². The monoisotopic (exact) mass is 286 g/mol. The van der Waals surface area contributed by atoms with E-state index in [4.69, 9.17) is 4.74 Å². The van der Waals surface area contributed by atoms with Gasteiger partial charge in [0.15, 0.2) is 0 Å². The fraction of sp³-hybridized carbons (Fsp3) is 0.929. The number of fused-ring (bicyclic) bond motifs is 1. The zero-order valence-electron chi connectivity index (χ0n) is 10.7. The van der Waals surface area contributed by atoms with Gasteiger partial charge in [-0.25, -0.2) is 0 Å². The second-order valence-electron chi connectivity index (χ2n) is 6.03. The number of esters is 1. The third-order valence-corrected chi connectivity index (χ3v) is 6.60. The van der Waals surface area contributed by atoms with E-state index < -0.39 is 0 Å². The first kappa shape index (κ1) is 13.2. The summed E-state index contributed by atoms with van der Waals surface area (Å²) in [5.41, 5.74) is 0. The standard InChI is InChI=1S/C14H22O2S2/c15-14(10-3-6-12-13(7-10)18-12)16-8-9-1-4-11(17)5-2-9/h9-13,17H,1-8H2. The summed E-state index contributed by atoms with van der Waals surface area (Å²) in [6.07, 6.45) is 8.04. The van der Waals surface area contributed by atoms with Crippen molar-refractivity contribution in [3.05, 3.63) is 0 Å². The van der Waals surface area contributed by atoms with E-state index in [9.17, 15) is 4.79 Å². The van der Waals surface area contributed by atoms with Gasteiger partial charge in [0.05, 0.1) is 12.5 Å². The van der Waals surface area contributed by atoms with Crippen molar-refractivity contribution >= 4 is 30.4 Å². The molecule has 0 spiro atoms. The number of carbonyl (C=O) groups is 1. The predicted octanol–water partition coefficient (Wildman–Crippen LogP) is 3.30. The van der Waals surface area contributed by atoms with Crippen molar-refractivity contribution in [2.45, 2.75) is 60.7 Å². The van der Waals surface area contributed by atoms with Gasteiger partial charge in [-0.05, 0) is 50.9 Å². The lowest BCUT2D eigenvalue weighted by Gasteiger charge is -2.26. The van der Waals surface area contributed by atoms with Crippen molar-refractivity contribution in [3.8, 4) is 0 Å². The zero-order valence-corrected chi connectivity index (χ0v) is 12.4. The summed E-state index contributed by atoms with van der Waals surface area (Å²) < 4.78 is 5.55. The summed E-state index contributed by atoms with van der Waals surface area (Å²) in [5.74, 6) is 0.861. The second-order valence-corrected chi connectivity index (χ2v) is 8.24. The molecule has 3 atom stereocenters. The Morgan fingerprint density at radius 2 is 1.89 bits per heavy atom. The number of carbonyl (C=O) groups excluding carboxylic acids is 1. The van der Waals surface area contributed by atoms with Crippen molar-refractivity contribution < 1.29 is 9.53 Å². The van der Waals surface area contributed by atoms with Gasteiger partial charge < -0.3 is 4.74 Å². The first-order valence-corrected chi connectivity index (χ1v) is 8.68. The summed E-state index contributed by atoms with van der Waals surface area (Å²) >= 11 is 6.55. The van der Waals surface area contributed by atoms with Gasteiger partial charge in [-0.3, -0.25) is 4.79 Å². The minimum Gasteiger partial charge on any atom is -0.465 e. The highest BCUT2D eigenvalue weighted by atomic mass is 32.2. The third kappa shape index (κ3) is 3.19. The van der Waals surface area contributed by atoms with E-state index in [0.717, 1.165) is 23.3 Å². The van der Waals surface area contributed by atoms with Crippen molar-refractivity contribution in [1.82, 2.24) is 0 Å². The first-order chi connectivity index (χ1) is 8.72. The molecule has 0 amide bonds. The van der Waals surface area contributed by atoms with Gasteiger partial charge in [0.25, 0.3) is 0 Å². The molecule has 3 aliphatic rings. The van der Waals surface area contributed by atoms with Crippen LogP contribution in [-0.2, 0) is 9.53 Å². The summed E-state index contributed by atoms with van der Waals surface area (Å²) in [5, 5.41) is 2.22. The number of ether oxygens (including phenoxy) is 1. The quantitative estimate of drug-likeness (QED) is 0.490. The molecule has 0 aromatic rings. The molecule has 102 valence electrons. The number of hydrogen-bond acceptors (Lipinski definition) is 4. The lowest BCUT2D eigenvalue weighted by Crippen LogP contribution is -2.27. The molecule has 0 aromatic heterocycles. The molecule has 0 N–H and O–H groups in total. The molecule has 0 radical (unpaired) electrons. The minimum absolute atomic E-state index is 0.0777. The van der Waals surface area contributed by atoms with E-state index in [1.807, 2.05) is 0 Å². The van der Waals surface area contributed by atoms with Gasteiger partial charge in [-0.1, -0.05) is 0 Å².